The third-order valence-electron chi connectivity index (χ3n) is 11.3. The lowest BCUT2D eigenvalue weighted by Crippen LogP contribution is -2.47. The summed E-state index contributed by atoms with van der Waals surface area (Å²) in [6, 6.07) is 15.9. The van der Waals surface area contributed by atoms with Crippen LogP contribution in [0.25, 0.3) is 0 Å². The Morgan fingerprint density at radius 3 is 1.69 bits per heavy atom. The van der Waals surface area contributed by atoms with Crippen molar-refractivity contribution in [3.05, 3.63) is 75.1 Å². The smallest absolute Gasteiger partial charge is 0.407 e. The van der Waals surface area contributed by atoms with Crippen LogP contribution < -0.4 is 29.8 Å². The minimum atomic E-state index is -1.11. The second-order valence-corrected chi connectivity index (χ2v) is 20.8. The molecule has 2 aromatic heterocycles. The molecule has 3 fully saturated rings. The Morgan fingerprint density at radius 1 is 0.689 bits per heavy atom. The summed E-state index contributed by atoms with van der Waals surface area (Å²) in [5.74, 6) is 3.30. The van der Waals surface area contributed by atoms with Crippen molar-refractivity contribution in [1.82, 2.24) is 25.3 Å². The average molecular weight is 930 g/mol. The van der Waals surface area contributed by atoms with Gasteiger partial charge in [0.1, 0.15) is 10.5 Å². The van der Waals surface area contributed by atoms with E-state index in [0.717, 1.165) is 110 Å². The number of hydrogen-bond donors (Lipinski definition) is 1. The van der Waals surface area contributed by atoms with Gasteiger partial charge < -0.3 is 34.6 Å². The van der Waals surface area contributed by atoms with Crippen LogP contribution >= 0.6 is 34.8 Å². The highest BCUT2D eigenvalue weighted by Gasteiger charge is 2.35. The van der Waals surface area contributed by atoms with Crippen molar-refractivity contribution in [2.45, 2.75) is 67.9 Å². The lowest BCUT2D eigenvalue weighted by atomic mass is 10.2. The number of alkyl carbamates (subject to hydrolysis) is 1. The van der Waals surface area contributed by atoms with Crippen LogP contribution in [0.15, 0.2) is 58.3 Å². The average Bonchev–Trinajstić information content (AvgIpc) is 3.98. The monoisotopic (exact) mass is 928 g/mol. The van der Waals surface area contributed by atoms with Gasteiger partial charge in [0.05, 0.1) is 37.9 Å². The zero-order valence-corrected chi connectivity index (χ0v) is 38.5. The fraction of sp³-hybridized carbons (Fsp3) is 0.500. The fourth-order valence-electron chi connectivity index (χ4n) is 8.26. The van der Waals surface area contributed by atoms with Crippen molar-refractivity contribution in [3.8, 4) is 0 Å². The van der Waals surface area contributed by atoms with E-state index in [4.69, 9.17) is 49.5 Å². The SMILES string of the molecule is CC(C)(C)OC(=O)NC[C@H]1CCCN1c1nc(N2CCN(c3ccc(Cl)cc3)CC2)nc2c1S(=O)CC2.O=S1CCc2nc(N3CCN(c4ccc(Cl)cc4)CC3)nc(Cl)c21. The molecule has 1 amide bonds. The molecule has 5 aliphatic rings. The zero-order valence-electron chi connectivity index (χ0n) is 34.6. The largest absolute Gasteiger partial charge is 0.444 e. The molecular formula is C42H51Cl3N10O4S2. The van der Waals surface area contributed by atoms with Crippen LogP contribution in [-0.4, -0.2) is 123 Å². The summed E-state index contributed by atoms with van der Waals surface area (Å²) in [5.41, 5.74) is 3.51. The quantitative estimate of drug-likeness (QED) is 0.205. The van der Waals surface area contributed by atoms with Gasteiger partial charge in [-0.3, -0.25) is 8.42 Å². The molecule has 1 N–H and O–H groups in total. The van der Waals surface area contributed by atoms with E-state index < -0.39 is 33.3 Å². The van der Waals surface area contributed by atoms with Crippen LogP contribution in [0.3, 0.4) is 0 Å². The Labute approximate surface area is 377 Å². The van der Waals surface area contributed by atoms with Gasteiger partial charge in [-0.1, -0.05) is 34.8 Å². The summed E-state index contributed by atoms with van der Waals surface area (Å²) >= 11 is 18.2. The Kier molecular flexibility index (Phi) is 13.5. The van der Waals surface area contributed by atoms with Gasteiger partial charge in [0.15, 0.2) is 11.0 Å². The maximum absolute atomic E-state index is 13.0. The van der Waals surface area contributed by atoms with E-state index in [1.807, 2.05) is 57.2 Å². The number of anilines is 5. The van der Waals surface area contributed by atoms with Crippen LogP contribution in [0.4, 0.5) is 33.9 Å². The normalized spacial score (nSPS) is 21.2. The van der Waals surface area contributed by atoms with Crippen molar-refractivity contribution < 1.29 is 17.9 Å². The van der Waals surface area contributed by atoms with Crippen molar-refractivity contribution in [2.24, 2.45) is 0 Å². The summed E-state index contributed by atoms with van der Waals surface area (Å²) in [6.45, 7) is 13.5. The highest BCUT2D eigenvalue weighted by Crippen LogP contribution is 2.36. The van der Waals surface area contributed by atoms with Crippen molar-refractivity contribution in [3.63, 3.8) is 0 Å². The topological polar surface area (TPSA) is 140 Å². The number of carbonyl (C=O) groups excluding carboxylic acids is 1. The molecule has 7 heterocycles. The first-order valence-electron chi connectivity index (χ1n) is 20.8. The van der Waals surface area contributed by atoms with E-state index in [0.29, 0.717) is 52.8 Å². The zero-order chi connectivity index (χ0) is 42.8. The van der Waals surface area contributed by atoms with Crippen molar-refractivity contribution in [2.75, 3.05) is 101 Å². The molecule has 61 heavy (non-hydrogen) atoms. The Morgan fingerprint density at radius 2 is 1.16 bits per heavy atom. The van der Waals surface area contributed by atoms with Crippen LogP contribution in [0.5, 0.6) is 0 Å². The van der Waals surface area contributed by atoms with Gasteiger partial charge in [-0.25, -0.2) is 14.8 Å². The molecule has 0 saturated carbocycles. The number of nitrogens with zero attached hydrogens (tertiary/aromatic N) is 9. The number of carbonyl (C=O) groups is 1. The van der Waals surface area contributed by atoms with E-state index >= 15 is 0 Å². The predicted molar refractivity (Wildman–Crippen MR) is 245 cm³/mol. The second-order valence-electron chi connectivity index (χ2n) is 16.6. The number of aromatic nitrogens is 4. The number of fused-ring (bicyclic) bond motifs is 2. The third-order valence-corrected chi connectivity index (χ3v) is 15.1. The Balaban J connectivity index is 0.000000184. The minimum absolute atomic E-state index is 0.0683. The number of aryl methyl sites for hydroxylation is 2. The summed E-state index contributed by atoms with van der Waals surface area (Å²) in [4.78, 5) is 43.8. The van der Waals surface area contributed by atoms with Crippen LogP contribution in [0.2, 0.25) is 15.2 Å². The third kappa shape index (κ3) is 10.3. The molecular weight excluding hydrogens is 879 g/mol. The highest BCUT2D eigenvalue weighted by molar-refractivity contribution is 7.85. The Bertz CT molecular complexity index is 2270. The van der Waals surface area contributed by atoms with Gasteiger partial charge in [-0.2, -0.15) is 9.97 Å². The number of nitrogens with one attached hydrogen (secondary N) is 1. The van der Waals surface area contributed by atoms with Gasteiger partial charge in [0, 0.05) is 117 Å². The molecule has 5 aliphatic heterocycles. The molecule has 4 aromatic rings. The van der Waals surface area contributed by atoms with Crippen LogP contribution in [0.1, 0.15) is 45.0 Å². The number of halogens is 3. The first-order valence-corrected chi connectivity index (χ1v) is 24.6. The molecule has 3 saturated heterocycles. The first kappa shape index (κ1) is 43.7. The van der Waals surface area contributed by atoms with Crippen molar-refractivity contribution >= 4 is 91.6 Å². The Hall–Kier alpha value is -3.96. The van der Waals surface area contributed by atoms with Gasteiger partial charge in [-0.05, 0) is 82.1 Å². The number of rotatable bonds is 7. The van der Waals surface area contributed by atoms with Gasteiger partial charge in [0.2, 0.25) is 11.9 Å². The number of ether oxygens (including phenoxy) is 1. The molecule has 0 spiro atoms. The van der Waals surface area contributed by atoms with Crippen molar-refractivity contribution in [1.29, 1.82) is 0 Å². The summed E-state index contributed by atoms with van der Waals surface area (Å²) < 4.78 is 30.3. The highest BCUT2D eigenvalue weighted by atomic mass is 35.5. The first-order chi connectivity index (χ1) is 29.3. The minimum Gasteiger partial charge on any atom is -0.444 e. The predicted octanol–water partition coefficient (Wildman–Crippen LogP) is 6.39. The molecule has 0 aliphatic carbocycles. The van der Waals surface area contributed by atoms with Crippen LogP contribution in [0, 0.1) is 0 Å². The molecule has 0 radical (unpaired) electrons. The number of amides is 1. The van der Waals surface area contributed by atoms with E-state index in [9.17, 15) is 13.2 Å². The van der Waals surface area contributed by atoms with E-state index in [1.165, 1.54) is 5.69 Å². The molecule has 19 heteroatoms. The summed E-state index contributed by atoms with van der Waals surface area (Å²) in [5, 5.41) is 4.74. The number of hydrogen-bond acceptors (Lipinski definition) is 13. The second kappa shape index (κ2) is 18.8. The lowest BCUT2D eigenvalue weighted by Gasteiger charge is -2.37. The van der Waals surface area contributed by atoms with E-state index in [1.54, 1.807) is 0 Å². The summed E-state index contributed by atoms with van der Waals surface area (Å²) in [6.07, 6.45) is 2.90. The van der Waals surface area contributed by atoms with Gasteiger partial charge in [-0.15, -0.1) is 0 Å². The molecule has 9 rings (SSSR count). The summed E-state index contributed by atoms with van der Waals surface area (Å²) in [7, 11) is -2.16. The van der Waals surface area contributed by atoms with E-state index in [-0.39, 0.29) is 6.04 Å². The fourth-order valence-corrected chi connectivity index (χ4v) is 11.5. The molecule has 0 bridgehead atoms. The molecule has 2 aromatic carbocycles. The lowest BCUT2D eigenvalue weighted by molar-refractivity contribution is 0.0524. The molecule has 326 valence electrons. The number of piperazine rings is 2. The van der Waals surface area contributed by atoms with Gasteiger partial charge >= 0.3 is 6.09 Å². The molecule has 3 atom stereocenters. The number of benzene rings is 2. The maximum atomic E-state index is 13.0. The molecule has 14 nitrogen and oxygen atoms in total. The van der Waals surface area contributed by atoms with E-state index in [2.05, 4.69) is 51.9 Å². The molecule has 2 unspecified atom stereocenters. The van der Waals surface area contributed by atoms with Gasteiger partial charge in [0.25, 0.3) is 0 Å². The standard InChI is InChI=1S/C26H35ClN6O3S.C16H16Cl2N4OS/c1-26(2,3)36-25(34)28-17-20-5-4-11-33(20)23-22-21(10-16-37(22)35)29-24(30-23)32-14-12-31(13-15-32)19-8-6-18(27)7-9-19;17-11-1-3-12(4-2-11)21-6-8-22(9-7-21)16-19-13-5-10-24(23)14(13)15(18)20-16/h6-9,20H,4-5,10-17H2,1-3H3,(H,28,34);1-4H,5-10H2/t20-,37?;/m1./s1. The maximum Gasteiger partial charge on any atom is 0.407 e. The van der Waals surface area contributed by atoms with Crippen LogP contribution in [-0.2, 0) is 39.2 Å².